The average molecular weight is 228 g/mol. The molecule has 1 aliphatic rings. The van der Waals surface area contributed by atoms with E-state index in [0.29, 0.717) is 4.99 Å². The van der Waals surface area contributed by atoms with Crippen LogP contribution in [-0.4, -0.2) is 29.0 Å². The lowest BCUT2D eigenvalue weighted by molar-refractivity contribution is 0.144. The van der Waals surface area contributed by atoms with E-state index in [2.05, 4.69) is 18.7 Å². The van der Waals surface area contributed by atoms with Crippen molar-refractivity contribution in [3.05, 3.63) is 0 Å². The summed E-state index contributed by atoms with van der Waals surface area (Å²) in [6.45, 7) is 6.77. The third kappa shape index (κ3) is 4.47. The molecule has 0 aromatic carbocycles. The summed E-state index contributed by atoms with van der Waals surface area (Å²) in [5.41, 5.74) is 5.56. The molecular formula is C12H24N2S. The fourth-order valence-corrected chi connectivity index (χ4v) is 2.68. The molecule has 0 spiro atoms. The van der Waals surface area contributed by atoms with E-state index in [0.717, 1.165) is 31.5 Å². The maximum absolute atomic E-state index is 5.56. The van der Waals surface area contributed by atoms with Gasteiger partial charge in [-0.05, 0) is 25.3 Å². The van der Waals surface area contributed by atoms with Crippen LogP contribution in [0.1, 0.15) is 46.0 Å². The van der Waals surface area contributed by atoms with Crippen molar-refractivity contribution in [1.82, 2.24) is 4.90 Å². The van der Waals surface area contributed by atoms with Crippen molar-refractivity contribution < 1.29 is 0 Å². The SMILES string of the molecule is CCN(CCC(N)=S)C1CCCC(C)C1. The number of nitrogens with two attached hydrogens (primary N) is 1. The number of hydrogen-bond donors (Lipinski definition) is 1. The largest absolute Gasteiger partial charge is 0.393 e. The fraction of sp³-hybridized carbons (Fsp3) is 0.917. The lowest BCUT2D eigenvalue weighted by atomic mass is 9.86. The summed E-state index contributed by atoms with van der Waals surface area (Å²) >= 11 is 4.94. The second kappa shape index (κ2) is 6.44. The van der Waals surface area contributed by atoms with Gasteiger partial charge >= 0.3 is 0 Å². The number of nitrogens with zero attached hydrogens (tertiary/aromatic N) is 1. The monoisotopic (exact) mass is 228 g/mol. The molecular weight excluding hydrogens is 204 g/mol. The summed E-state index contributed by atoms with van der Waals surface area (Å²) < 4.78 is 0. The molecule has 0 aromatic heterocycles. The first-order chi connectivity index (χ1) is 7.13. The Morgan fingerprint density at radius 2 is 2.20 bits per heavy atom. The van der Waals surface area contributed by atoms with Gasteiger partial charge in [-0.1, -0.05) is 38.9 Å². The Hall–Kier alpha value is -0.150. The second-order valence-corrected chi connectivity index (χ2v) is 5.29. The normalized spacial score (nSPS) is 26.9. The molecule has 1 saturated carbocycles. The number of thiocarbonyl (C=S) groups is 1. The molecule has 15 heavy (non-hydrogen) atoms. The maximum Gasteiger partial charge on any atom is 0.0740 e. The molecule has 3 heteroatoms. The molecule has 0 bridgehead atoms. The smallest absolute Gasteiger partial charge is 0.0740 e. The van der Waals surface area contributed by atoms with Crippen LogP contribution in [0.25, 0.3) is 0 Å². The minimum atomic E-state index is 0.650. The summed E-state index contributed by atoms with van der Waals surface area (Å²) in [6.07, 6.45) is 6.37. The Labute approximate surface area is 99.2 Å². The van der Waals surface area contributed by atoms with Crippen LogP contribution < -0.4 is 5.73 Å². The molecule has 2 N–H and O–H groups in total. The second-order valence-electron chi connectivity index (χ2n) is 4.77. The maximum atomic E-state index is 5.56. The predicted molar refractivity (Wildman–Crippen MR) is 70.1 cm³/mol. The zero-order valence-corrected chi connectivity index (χ0v) is 10.9. The highest BCUT2D eigenvalue weighted by atomic mass is 32.1. The molecule has 1 rings (SSSR count). The summed E-state index contributed by atoms with van der Waals surface area (Å²) in [6, 6.07) is 0.771. The standard InChI is InChI=1S/C12H24N2S/c1-3-14(8-7-12(13)15)11-6-4-5-10(2)9-11/h10-11H,3-9H2,1-2H3,(H2,13,15). The molecule has 0 heterocycles. The summed E-state index contributed by atoms with van der Waals surface area (Å²) in [5.74, 6) is 0.891. The van der Waals surface area contributed by atoms with Crippen LogP contribution in [0.3, 0.4) is 0 Å². The lowest BCUT2D eigenvalue weighted by Crippen LogP contribution is -2.39. The van der Waals surface area contributed by atoms with E-state index >= 15 is 0 Å². The molecule has 2 unspecified atom stereocenters. The molecule has 88 valence electrons. The van der Waals surface area contributed by atoms with Crippen LogP contribution in [0.4, 0.5) is 0 Å². The highest BCUT2D eigenvalue weighted by Gasteiger charge is 2.23. The van der Waals surface area contributed by atoms with Gasteiger partial charge < -0.3 is 10.6 Å². The van der Waals surface area contributed by atoms with Gasteiger partial charge in [-0.3, -0.25) is 0 Å². The Balaban J connectivity index is 2.38. The molecule has 0 aliphatic heterocycles. The minimum absolute atomic E-state index is 0.650. The third-order valence-corrected chi connectivity index (χ3v) is 3.68. The Morgan fingerprint density at radius 1 is 1.47 bits per heavy atom. The van der Waals surface area contributed by atoms with Crippen LogP contribution in [-0.2, 0) is 0 Å². The number of rotatable bonds is 5. The summed E-state index contributed by atoms with van der Waals surface area (Å²) in [5, 5.41) is 0. The van der Waals surface area contributed by atoms with Gasteiger partial charge in [-0.15, -0.1) is 0 Å². The Bertz CT molecular complexity index is 206. The highest BCUT2D eigenvalue weighted by Crippen LogP contribution is 2.27. The molecule has 2 atom stereocenters. The minimum Gasteiger partial charge on any atom is -0.393 e. The van der Waals surface area contributed by atoms with Gasteiger partial charge in [0, 0.05) is 19.0 Å². The highest BCUT2D eigenvalue weighted by molar-refractivity contribution is 7.80. The first kappa shape index (κ1) is 12.9. The predicted octanol–water partition coefficient (Wildman–Crippen LogP) is 2.56. The summed E-state index contributed by atoms with van der Waals surface area (Å²) in [7, 11) is 0. The van der Waals surface area contributed by atoms with Gasteiger partial charge in [0.2, 0.25) is 0 Å². The first-order valence-electron chi connectivity index (χ1n) is 6.15. The van der Waals surface area contributed by atoms with E-state index in [4.69, 9.17) is 18.0 Å². The Kier molecular flexibility index (Phi) is 5.54. The van der Waals surface area contributed by atoms with Crippen molar-refractivity contribution in [3.63, 3.8) is 0 Å². The zero-order valence-electron chi connectivity index (χ0n) is 10.0. The van der Waals surface area contributed by atoms with E-state index in [1.807, 2.05) is 0 Å². The Morgan fingerprint density at radius 3 is 2.73 bits per heavy atom. The summed E-state index contributed by atoms with van der Waals surface area (Å²) in [4.78, 5) is 3.20. The number of hydrogen-bond acceptors (Lipinski definition) is 2. The van der Waals surface area contributed by atoms with Gasteiger partial charge in [0.05, 0.1) is 4.99 Å². The first-order valence-corrected chi connectivity index (χ1v) is 6.56. The van der Waals surface area contributed by atoms with E-state index in [9.17, 15) is 0 Å². The molecule has 0 aromatic rings. The van der Waals surface area contributed by atoms with Crippen LogP contribution in [0.15, 0.2) is 0 Å². The quantitative estimate of drug-likeness (QED) is 0.733. The zero-order chi connectivity index (χ0) is 11.3. The topological polar surface area (TPSA) is 29.3 Å². The van der Waals surface area contributed by atoms with Crippen molar-refractivity contribution >= 4 is 17.2 Å². The van der Waals surface area contributed by atoms with E-state index in [-0.39, 0.29) is 0 Å². The molecule has 2 nitrogen and oxygen atoms in total. The van der Waals surface area contributed by atoms with E-state index < -0.39 is 0 Å². The van der Waals surface area contributed by atoms with Gasteiger partial charge in [-0.2, -0.15) is 0 Å². The molecule has 1 aliphatic carbocycles. The van der Waals surface area contributed by atoms with Gasteiger partial charge in [0.1, 0.15) is 0 Å². The van der Waals surface area contributed by atoms with Crippen molar-refractivity contribution in [1.29, 1.82) is 0 Å². The van der Waals surface area contributed by atoms with Crippen LogP contribution in [0.2, 0.25) is 0 Å². The van der Waals surface area contributed by atoms with Crippen molar-refractivity contribution in [2.45, 2.75) is 52.0 Å². The lowest BCUT2D eigenvalue weighted by Gasteiger charge is -2.36. The van der Waals surface area contributed by atoms with Crippen LogP contribution in [0.5, 0.6) is 0 Å². The molecule has 0 radical (unpaired) electrons. The van der Waals surface area contributed by atoms with E-state index in [1.165, 1.54) is 25.7 Å². The third-order valence-electron chi connectivity index (χ3n) is 3.48. The van der Waals surface area contributed by atoms with Gasteiger partial charge in [0.15, 0.2) is 0 Å². The average Bonchev–Trinajstić information content (AvgIpc) is 2.18. The van der Waals surface area contributed by atoms with Crippen molar-refractivity contribution in [3.8, 4) is 0 Å². The molecule has 1 fully saturated rings. The van der Waals surface area contributed by atoms with Gasteiger partial charge in [0.25, 0.3) is 0 Å². The van der Waals surface area contributed by atoms with E-state index in [1.54, 1.807) is 0 Å². The fourth-order valence-electron chi connectivity index (χ4n) is 2.59. The van der Waals surface area contributed by atoms with Crippen molar-refractivity contribution in [2.75, 3.05) is 13.1 Å². The van der Waals surface area contributed by atoms with Gasteiger partial charge in [-0.25, -0.2) is 0 Å². The van der Waals surface area contributed by atoms with Crippen LogP contribution >= 0.6 is 12.2 Å². The molecule has 0 amide bonds. The van der Waals surface area contributed by atoms with Crippen molar-refractivity contribution in [2.24, 2.45) is 11.7 Å². The molecule has 0 saturated heterocycles. The van der Waals surface area contributed by atoms with Crippen LogP contribution in [0, 0.1) is 5.92 Å².